The van der Waals surface area contributed by atoms with E-state index in [-0.39, 0.29) is 16.8 Å². The molecule has 0 unspecified atom stereocenters. The fraction of sp³-hybridized carbons (Fsp3) is 0.136. The molecular weight excluding hydrogens is 405 g/mol. The molecule has 0 spiro atoms. The van der Waals surface area contributed by atoms with Gasteiger partial charge in [-0.15, -0.1) is 0 Å². The summed E-state index contributed by atoms with van der Waals surface area (Å²) in [6, 6.07) is 19.9. The van der Waals surface area contributed by atoms with Crippen LogP contribution in [0.2, 0.25) is 0 Å². The van der Waals surface area contributed by atoms with Gasteiger partial charge in [0.2, 0.25) is 10.0 Å². The highest BCUT2D eigenvalue weighted by atomic mass is 32.2. The van der Waals surface area contributed by atoms with Crippen molar-refractivity contribution in [3.8, 4) is 5.75 Å². The molecule has 1 aliphatic rings. The van der Waals surface area contributed by atoms with Crippen molar-refractivity contribution < 1.29 is 17.5 Å². The van der Waals surface area contributed by atoms with E-state index < -0.39 is 10.0 Å². The van der Waals surface area contributed by atoms with Gasteiger partial charge in [-0.05, 0) is 71.8 Å². The van der Waals surface area contributed by atoms with Gasteiger partial charge in [0.15, 0.2) is 0 Å². The number of benzene rings is 3. The summed E-state index contributed by atoms with van der Waals surface area (Å²) < 4.78 is 42.2. The van der Waals surface area contributed by atoms with Crippen LogP contribution < -0.4 is 14.9 Å². The quantitative estimate of drug-likeness (QED) is 0.673. The van der Waals surface area contributed by atoms with E-state index in [1.54, 1.807) is 30.3 Å². The van der Waals surface area contributed by atoms with E-state index in [1.807, 2.05) is 30.3 Å². The Bertz CT molecular complexity index is 1190. The van der Waals surface area contributed by atoms with Crippen molar-refractivity contribution in [2.24, 2.45) is 10.2 Å². The van der Waals surface area contributed by atoms with Gasteiger partial charge >= 0.3 is 0 Å². The Kier molecular flexibility index (Phi) is 5.27. The molecule has 0 saturated heterocycles. The molecule has 2 N–H and O–H groups in total. The largest absolute Gasteiger partial charge is 0.497 e. The number of hydrazone groups is 1. The zero-order valence-corrected chi connectivity index (χ0v) is 17.0. The third-order valence-corrected chi connectivity index (χ3v) is 5.93. The van der Waals surface area contributed by atoms with Crippen LogP contribution in [0, 0.1) is 5.82 Å². The molecule has 3 aromatic carbocycles. The number of rotatable bonds is 5. The van der Waals surface area contributed by atoms with Gasteiger partial charge in [-0.1, -0.05) is 12.1 Å². The lowest BCUT2D eigenvalue weighted by Gasteiger charge is -2.24. The maximum atomic E-state index is 13.9. The van der Waals surface area contributed by atoms with Crippen molar-refractivity contribution in [2.75, 3.05) is 12.1 Å². The maximum Gasteiger partial charge on any atom is 0.238 e. The summed E-state index contributed by atoms with van der Waals surface area (Å²) in [4.78, 5) is 0.0205. The summed E-state index contributed by atoms with van der Waals surface area (Å²) in [7, 11) is -2.18. The van der Waals surface area contributed by atoms with Crippen molar-refractivity contribution in [1.82, 2.24) is 0 Å². The number of sulfonamides is 1. The van der Waals surface area contributed by atoms with Gasteiger partial charge in [0.25, 0.3) is 0 Å². The lowest BCUT2D eigenvalue weighted by molar-refractivity contribution is 0.415. The molecule has 0 aliphatic carbocycles. The molecule has 1 aliphatic heterocycles. The second kappa shape index (κ2) is 7.89. The molecule has 4 rings (SSSR count). The number of hydrogen-bond donors (Lipinski definition) is 1. The van der Waals surface area contributed by atoms with Crippen molar-refractivity contribution in [3.63, 3.8) is 0 Å². The van der Waals surface area contributed by atoms with Gasteiger partial charge in [-0.2, -0.15) is 5.10 Å². The fourth-order valence-corrected chi connectivity index (χ4v) is 3.98. The molecule has 3 aromatic rings. The van der Waals surface area contributed by atoms with E-state index in [0.717, 1.165) is 22.6 Å². The van der Waals surface area contributed by atoms with Gasteiger partial charge in [-0.3, -0.25) is 5.01 Å². The Morgan fingerprint density at radius 3 is 2.37 bits per heavy atom. The minimum absolute atomic E-state index is 0.0205. The summed E-state index contributed by atoms with van der Waals surface area (Å²) in [5.74, 6) is 0.421. The number of halogens is 1. The van der Waals surface area contributed by atoms with Gasteiger partial charge in [0, 0.05) is 6.42 Å². The predicted octanol–water partition coefficient (Wildman–Crippen LogP) is 3.84. The number of methoxy groups -OCH3 is 1. The highest BCUT2D eigenvalue weighted by Gasteiger charge is 2.30. The summed E-state index contributed by atoms with van der Waals surface area (Å²) in [6.45, 7) is 0. The van der Waals surface area contributed by atoms with Crippen LogP contribution in [0.4, 0.5) is 10.1 Å². The number of anilines is 1. The molecule has 154 valence electrons. The van der Waals surface area contributed by atoms with E-state index in [4.69, 9.17) is 15.0 Å². The minimum Gasteiger partial charge on any atom is -0.497 e. The van der Waals surface area contributed by atoms with E-state index >= 15 is 0 Å². The molecule has 30 heavy (non-hydrogen) atoms. The van der Waals surface area contributed by atoms with E-state index in [0.29, 0.717) is 12.1 Å². The fourth-order valence-electron chi connectivity index (χ4n) is 3.47. The molecule has 0 amide bonds. The van der Waals surface area contributed by atoms with Crippen LogP contribution in [0.1, 0.15) is 23.6 Å². The first-order valence-corrected chi connectivity index (χ1v) is 10.8. The van der Waals surface area contributed by atoms with Crippen molar-refractivity contribution in [2.45, 2.75) is 17.4 Å². The number of primary sulfonamides is 1. The minimum atomic E-state index is -3.79. The summed E-state index contributed by atoms with van der Waals surface area (Å²) >= 11 is 0. The van der Waals surface area contributed by atoms with Gasteiger partial charge in [-0.25, -0.2) is 17.9 Å². The molecule has 6 nitrogen and oxygen atoms in total. The van der Waals surface area contributed by atoms with Crippen LogP contribution in [0.25, 0.3) is 0 Å². The van der Waals surface area contributed by atoms with Crippen LogP contribution in [0.5, 0.6) is 5.75 Å². The van der Waals surface area contributed by atoms with E-state index in [9.17, 15) is 12.8 Å². The number of ether oxygens (including phenoxy) is 1. The Morgan fingerprint density at radius 1 is 1.07 bits per heavy atom. The van der Waals surface area contributed by atoms with Gasteiger partial charge in [0.05, 0.1) is 29.4 Å². The zero-order chi connectivity index (χ0) is 21.3. The van der Waals surface area contributed by atoms with Crippen LogP contribution >= 0.6 is 0 Å². The molecule has 0 radical (unpaired) electrons. The van der Waals surface area contributed by atoms with E-state index in [2.05, 4.69) is 0 Å². The van der Waals surface area contributed by atoms with Crippen LogP contribution in [-0.2, 0) is 10.0 Å². The molecule has 0 fully saturated rings. The lowest BCUT2D eigenvalue weighted by Crippen LogP contribution is -2.19. The molecule has 8 heteroatoms. The van der Waals surface area contributed by atoms with Crippen molar-refractivity contribution in [1.29, 1.82) is 0 Å². The molecule has 1 heterocycles. The van der Waals surface area contributed by atoms with Crippen molar-refractivity contribution in [3.05, 3.63) is 89.7 Å². The van der Waals surface area contributed by atoms with E-state index in [1.165, 1.54) is 24.3 Å². The predicted molar refractivity (Wildman–Crippen MR) is 114 cm³/mol. The van der Waals surface area contributed by atoms with Crippen LogP contribution in [0.3, 0.4) is 0 Å². The highest BCUT2D eigenvalue weighted by Crippen LogP contribution is 2.37. The Balaban J connectivity index is 1.74. The summed E-state index contributed by atoms with van der Waals surface area (Å²) in [5.41, 5.74) is 3.22. The first-order chi connectivity index (χ1) is 14.3. The summed E-state index contributed by atoms with van der Waals surface area (Å²) in [5, 5.41) is 11.7. The maximum absolute atomic E-state index is 13.9. The normalized spacial score (nSPS) is 16.4. The topological polar surface area (TPSA) is 85.0 Å². The summed E-state index contributed by atoms with van der Waals surface area (Å²) in [6.07, 6.45) is 0.562. The molecule has 1 atom stereocenters. The first kappa shape index (κ1) is 20.1. The number of nitrogens with two attached hydrogens (primary N) is 1. The highest BCUT2D eigenvalue weighted by molar-refractivity contribution is 7.89. The van der Waals surface area contributed by atoms with Gasteiger partial charge in [0.1, 0.15) is 11.6 Å². The number of hydrogen-bond acceptors (Lipinski definition) is 5. The second-order valence-electron chi connectivity index (χ2n) is 6.93. The van der Waals surface area contributed by atoms with Crippen molar-refractivity contribution >= 4 is 21.4 Å². The first-order valence-electron chi connectivity index (χ1n) is 9.24. The average Bonchev–Trinajstić information content (AvgIpc) is 3.19. The zero-order valence-electron chi connectivity index (χ0n) is 16.2. The van der Waals surface area contributed by atoms with Crippen LogP contribution in [-0.4, -0.2) is 21.2 Å². The van der Waals surface area contributed by atoms with Crippen LogP contribution in [0.15, 0.2) is 82.8 Å². The Hall–Kier alpha value is -3.23. The smallest absolute Gasteiger partial charge is 0.238 e. The lowest BCUT2D eigenvalue weighted by atomic mass is 9.98. The SMILES string of the molecule is COc1ccc(C2=NN(c3ccc(S(N)(=O)=O)cc3)[C@@H](c3cccc(F)c3)C2)cc1. The third-order valence-electron chi connectivity index (χ3n) is 5.00. The van der Waals surface area contributed by atoms with Gasteiger partial charge < -0.3 is 4.74 Å². The number of nitrogens with zero attached hydrogens (tertiary/aromatic N) is 2. The third kappa shape index (κ3) is 4.05. The monoisotopic (exact) mass is 425 g/mol. The molecule has 0 saturated carbocycles. The molecule has 0 bridgehead atoms. The molecular formula is C22H20FN3O3S. The standard InChI is InChI=1S/C22H20FN3O3S/c1-29-19-9-5-15(6-10-19)21-14-22(16-3-2-4-17(23)13-16)26(25-21)18-7-11-20(12-8-18)30(24,27)28/h2-13,22H,14H2,1H3,(H2,24,27,28)/t22-/m1/s1. The Labute approximate surface area is 174 Å². The second-order valence-corrected chi connectivity index (χ2v) is 8.50. The average molecular weight is 425 g/mol. The Morgan fingerprint density at radius 2 is 1.77 bits per heavy atom. The molecule has 0 aromatic heterocycles.